The summed E-state index contributed by atoms with van der Waals surface area (Å²) in [6, 6.07) is 0.0823. The Hall–Kier alpha value is -1.34. The molecular formula is C13H22N4O2S. The molecule has 0 saturated carbocycles. The third-order valence-corrected chi connectivity index (χ3v) is 4.86. The number of rotatable bonds is 5. The van der Waals surface area contributed by atoms with E-state index in [1.807, 2.05) is 25.8 Å². The number of nitrogen functional groups attached to an aromatic ring is 1. The van der Waals surface area contributed by atoms with Crippen molar-refractivity contribution in [2.45, 2.75) is 26.3 Å². The SMILES string of the molecule is CCN(C)c1nc(N)c(C(=O)NC(C)C2CCOC2)s1. The lowest BCUT2D eigenvalue weighted by molar-refractivity contribution is 0.0927. The molecule has 1 aromatic heterocycles. The predicted octanol–water partition coefficient (Wildman–Crippen LogP) is 1.34. The summed E-state index contributed by atoms with van der Waals surface area (Å²) in [5.41, 5.74) is 5.85. The molecule has 112 valence electrons. The van der Waals surface area contributed by atoms with Gasteiger partial charge in [-0.1, -0.05) is 11.3 Å². The first-order valence-corrected chi connectivity index (χ1v) is 7.70. The van der Waals surface area contributed by atoms with Crippen LogP contribution in [0.4, 0.5) is 10.9 Å². The van der Waals surface area contributed by atoms with Gasteiger partial charge in [-0.25, -0.2) is 4.98 Å². The molecule has 1 aliphatic heterocycles. The number of nitrogens with two attached hydrogens (primary N) is 1. The topological polar surface area (TPSA) is 80.5 Å². The largest absolute Gasteiger partial charge is 0.382 e. The molecule has 1 aromatic rings. The second-order valence-corrected chi connectivity index (χ2v) is 6.09. The Kier molecular flexibility index (Phi) is 4.82. The van der Waals surface area contributed by atoms with Gasteiger partial charge in [-0.3, -0.25) is 4.79 Å². The van der Waals surface area contributed by atoms with E-state index >= 15 is 0 Å². The van der Waals surface area contributed by atoms with Crippen molar-refractivity contribution in [2.75, 3.05) is 37.4 Å². The van der Waals surface area contributed by atoms with Gasteiger partial charge >= 0.3 is 0 Å². The normalized spacial score (nSPS) is 19.9. The minimum Gasteiger partial charge on any atom is -0.382 e. The van der Waals surface area contributed by atoms with E-state index in [1.165, 1.54) is 11.3 Å². The van der Waals surface area contributed by atoms with E-state index in [4.69, 9.17) is 10.5 Å². The first-order valence-electron chi connectivity index (χ1n) is 6.89. The number of thiazole rings is 1. The number of carbonyl (C=O) groups excluding carboxylic acids is 1. The van der Waals surface area contributed by atoms with Crippen molar-refractivity contribution < 1.29 is 9.53 Å². The summed E-state index contributed by atoms with van der Waals surface area (Å²) in [6.07, 6.45) is 0.990. The zero-order chi connectivity index (χ0) is 14.7. The average Bonchev–Trinajstić information content (AvgIpc) is 3.06. The Labute approximate surface area is 123 Å². The van der Waals surface area contributed by atoms with Crippen LogP contribution >= 0.6 is 11.3 Å². The summed E-state index contributed by atoms with van der Waals surface area (Å²) >= 11 is 1.33. The van der Waals surface area contributed by atoms with Crippen molar-refractivity contribution in [1.82, 2.24) is 10.3 Å². The highest BCUT2D eigenvalue weighted by molar-refractivity contribution is 7.18. The minimum absolute atomic E-state index is 0.0823. The fourth-order valence-corrected chi connectivity index (χ4v) is 3.03. The number of nitrogens with zero attached hydrogens (tertiary/aromatic N) is 2. The maximum absolute atomic E-state index is 12.3. The first-order chi connectivity index (χ1) is 9.52. The molecule has 1 amide bonds. The summed E-state index contributed by atoms with van der Waals surface area (Å²) in [4.78, 5) is 19.0. The molecule has 0 aliphatic carbocycles. The zero-order valence-electron chi connectivity index (χ0n) is 12.2. The Morgan fingerprint density at radius 1 is 1.70 bits per heavy atom. The van der Waals surface area contributed by atoms with Crippen molar-refractivity contribution in [3.05, 3.63) is 4.88 Å². The number of nitrogens with one attached hydrogen (secondary N) is 1. The fourth-order valence-electron chi connectivity index (χ4n) is 2.12. The van der Waals surface area contributed by atoms with Gasteiger partial charge in [-0.2, -0.15) is 0 Å². The van der Waals surface area contributed by atoms with Gasteiger partial charge in [0, 0.05) is 32.2 Å². The van der Waals surface area contributed by atoms with Crippen LogP contribution in [0, 0.1) is 5.92 Å². The van der Waals surface area contributed by atoms with E-state index in [2.05, 4.69) is 10.3 Å². The van der Waals surface area contributed by atoms with Gasteiger partial charge < -0.3 is 20.7 Å². The number of hydrogen-bond acceptors (Lipinski definition) is 6. The van der Waals surface area contributed by atoms with Gasteiger partial charge in [0.15, 0.2) is 5.13 Å². The molecule has 2 unspecified atom stereocenters. The lowest BCUT2D eigenvalue weighted by atomic mass is 10.0. The Morgan fingerprint density at radius 3 is 3.05 bits per heavy atom. The van der Waals surface area contributed by atoms with Gasteiger partial charge in [-0.15, -0.1) is 0 Å². The second kappa shape index (κ2) is 6.41. The second-order valence-electron chi connectivity index (χ2n) is 5.11. The summed E-state index contributed by atoms with van der Waals surface area (Å²) in [5.74, 6) is 0.540. The van der Waals surface area contributed by atoms with E-state index < -0.39 is 0 Å². The highest BCUT2D eigenvalue weighted by atomic mass is 32.1. The Balaban J connectivity index is 2.03. The van der Waals surface area contributed by atoms with E-state index in [0.717, 1.165) is 24.7 Å². The molecule has 0 bridgehead atoms. The van der Waals surface area contributed by atoms with Crippen LogP contribution in [0.15, 0.2) is 0 Å². The summed E-state index contributed by atoms with van der Waals surface area (Å²) in [5, 5.41) is 3.77. The van der Waals surface area contributed by atoms with Crippen molar-refractivity contribution in [3.63, 3.8) is 0 Å². The summed E-state index contributed by atoms with van der Waals surface area (Å²) in [6.45, 7) is 6.35. The van der Waals surface area contributed by atoms with Crippen LogP contribution in [0.1, 0.15) is 29.9 Å². The highest BCUT2D eigenvalue weighted by Gasteiger charge is 2.25. The molecule has 2 atom stereocenters. The quantitative estimate of drug-likeness (QED) is 0.857. The average molecular weight is 298 g/mol. The number of aromatic nitrogens is 1. The molecule has 6 nitrogen and oxygen atoms in total. The molecule has 2 heterocycles. The third-order valence-electron chi connectivity index (χ3n) is 3.68. The van der Waals surface area contributed by atoms with Crippen molar-refractivity contribution >= 4 is 28.2 Å². The molecule has 2 rings (SSSR count). The summed E-state index contributed by atoms with van der Waals surface area (Å²) < 4.78 is 5.35. The maximum Gasteiger partial charge on any atom is 0.265 e. The van der Waals surface area contributed by atoms with Crippen LogP contribution in [0.5, 0.6) is 0 Å². The van der Waals surface area contributed by atoms with Crippen LogP contribution < -0.4 is 16.0 Å². The van der Waals surface area contributed by atoms with Gasteiger partial charge in [0.1, 0.15) is 10.7 Å². The predicted molar refractivity (Wildman–Crippen MR) is 81.3 cm³/mol. The molecule has 7 heteroatoms. The molecule has 0 spiro atoms. The maximum atomic E-state index is 12.3. The Bertz CT molecular complexity index is 471. The molecule has 0 radical (unpaired) electrons. The molecule has 1 fully saturated rings. The number of amides is 1. The zero-order valence-corrected chi connectivity index (χ0v) is 13.0. The number of hydrogen-bond donors (Lipinski definition) is 2. The van der Waals surface area contributed by atoms with Crippen LogP contribution in [-0.2, 0) is 4.74 Å². The van der Waals surface area contributed by atoms with Crippen LogP contribution in [0.25, 0.3) is 0 Å². The van der Waals surface area contributed by atoms with Crippen molar-refractivity contribution in [1.29, 1.82) is 0 Å². The smallest absolute Gasteiger partial charge is 0.265 e. The van der Waals surface area contributed by atoms with Gasteiger partial charge in [-0.05, 0) is 20.3 Å². The van der Waals surface area contributed by atoms with Gasteiger partial charge in [0.2, 0.25) is 0 Å². The monoisotopic (exact) mass is 298 g/mol. The van der Waals surface area contributed by atoms with Crippen LogP contribution in [0.3, 0.4) is 0 Å². The molecule has 20 heavy (non-hydrogen) atoms. The summed E-state index contributed by atoms with van der Waals surface area (Å²) in [7, 11) is 1.93. The van der Waals surface area contributed by atoms with Gasteiger partial charge in [0.25, 0.3) is 5.91 Å². The van der Waals surface area contributed by atoms with Crippen molar-refractivity contribution in [2.24, 2.45) is 5.92 Å². The third kappa shape index (κ3) is 3.21. The molecular weight excluding hydrogens is 276 g/mol. The first kappa shape index (κ1) is 15.1. The number of ether oxygens (including phenoxy) is 1. The van der Waals surface area contributed by atoms with E-state index in [9.17, 15) is 4.79 Å². The Morgan fingerprint density at radius 2 is 2.45 bits per heavy atom. The molecule has 1 saturated heterocycles. The molecule has 0 aromatic carbocycles. The highest BCUT2D eigenvalue weighted by Crippen LogP contribution is 2.27. The van der Waals surface area contributed by atoms with Crippen LogP contribution in [-0.4, -0.2) is 43.7 Å². The lowest BCUT2D eigenvalue weighted by Crippen LogP contribution is -2.38. The minimum atomic E-state index is -0.143. The van der Waals surface area contributed by atoms with E-state index in [-0.39, 0.29) is 11.9 Å². The van der Waals surface area contributed by atoms with Gasteiger partial charge in [0.05, 0.1) is 6.61 Å². The van der Waals surface area contributed by atoms with Crippen LogP contribution in [0.2, 0.25) is 0 Å². The fraction of sp³-hybridized carbons (Fsp3) is 0.692. The lowest BCUT2D eigenvalue weighted by Gasteiger charge is -2.18. The molecule has 1 aliphatic rings. The number of anilines is 2. The molecule has 3 N–H and O–H groups in total. The van der Waals surface area contributed by atoms with E-state index in [1.54, 1.807) is 0 Å². The number of carbonyl (C=O) groups is 1. The standard InChI is InChI=1S/C13H22N4O2S/c1-4-17(3)13-16-11(14)10(20-13)12(18)15-8(2)9-5-6-19-7-9/h8-9H,4-7,14H2,1-3H3,(H,15,18). The van der Waals surface area contributed by atoms with Crippen molar-refractivity contribution in [3.8, 4) is 0 Å². The van der Waals surface area contributed by atoms with E-state index in [0.29, 0.717) is 23.2 Å².